The molecule has 1 aromatic heterocycles. The summed E-state index contributed by atoms with van der Waals surface area (Å²) in [5, 5.41) is 3.58. The van der Waals surface area contributed by atoms with Crippen molar-refractivity contribution in [1.82, 2.24) is 25.7 Å². The van der Waals surface area contributed by atoms with Gasteiger partial charge in [0.25, 0.3) is 17.7 Å². The van der Waals surface area contributed by atoms with E-state index in [-0.39, 0.29) is 30.6 Å². The number of rotatable bonds is 9. The summed E-state index contributed by atoms with van der Waals surface area (Å²) in [5.41, 5.74) is 8.85. The van der Waals surface area contributed by atoms with E-state index in [2.05, 4.69) is 20.7 Å². The van der Waals surface area contributed by atoms with Gasteiger partial charge in [0.05, 0.1) is 17.6 Å². The summed E-state index contributed by atoms with van der Waals surface area (Å²) >= 11 is 5.57. The maximum Gasteiger partial charge on any atom is 0.287 e. The molecule has 0 radical (unpaired) electrons. The minimum Gasteiger partial charge on any atom is -0.370 e. The van der Waals surface area contributed by atoms with E-state index in [0.29, 0.717) is 17.5 Å². The minimum atomic E-state index is -0.940. The molecule has 4 amide bonds. The number of halogens is 1. The van der Waals surface area contributed by atoms with Crippen LogP contribution in [-0.2, 0) is 14.4 Å². The molecule has 30 heavy (non-hydrogen) atoms. The number of primary amides is 1. The molecule has 0 aliphatic rings. The third kappa shape index (κ3) is 6.45. The van der Waals surface area contributed by atoms with Gasteiger partial charge < -0.3 is 16.0 Å². The van der Waals surface area contributed by atoms with E-state index in [0.717, 1.165) is 5.01 Å². The predicted molar refractivity (Wildman–Crippen MR) is 111 cm³/mol. The number of aromatic amines is 1. The number of amides is 4. The first-order valence-corrected chi connectivity index (χ1v) is 9.95. The lowest BCUT2D eigenvalue weighted by Gasteiger charge is -2.26. The summed E-state index contributed by atoms with van der Waals surface area (Å²) in [7, 11) is 0. The lowest BCUT2D eigenvalue weighted by atomic mass is 10.0. The average Bonchev–Trinajstić information content (AvgIpc) is 3.13. The highest BCUT2D eigenvalue weighted by molar-refractivity contribution is 6.27. The van der Waals surface area contributed by atoms with Crippen molar-refractivity contribution in [3.63, 3.8) is 0 Å². The molecule has 1 aromatic carbocycles. The summed E-state index contributed by atoms with van der Waals surface area (Å²) in [4.78, 5) is 55.6. The second-order valence-corrected chi connectivity index (χ2v) is 7.40. The molecule has 2 rings (SSSR count). The molecule has 11 heteroatoms. The Bertz CT molecular complexity index is 896. The summed E-state index contributed by atoms with van der Waals surface area (Å²) in [6.45, 7) is 3.66. The fourth-order valence-corrected chi connectivity index (χ4v) is 2.88. The number of nitrogens with zero attached hydrogens (tertiary/aromatic N) is 2. The van der Waals surface area contributed by atoms with Crippen LogP contribution in [0.2, 0.25) is 0 Å². The Kier molecular flexibility index (Phi) is 8.16. The number of nitrogens with two attached hydrogens (primary N) is 1. The maximum absolute atomic E-state index is 12.8. The maximum atomic E-state index is 12.8. The minimum absolute atomic E-state index is 0.0690. The van der Waals surface area contributed by atoms with Crippen LogP contribution in [-0.4, -0.2) is 57.1 Å². The van der Waals surface area contributed by atoms with Crippen molar-refractivity contribution in [3.8, 4) is 0 Å². The number of imidazole rings is 1. The molecule has 1 atom stereocenters. The Morgan fingerprint density at radius 3 is 2.53 bits per heavy atom. The number of aromatic nitrogens is 2. The molecular formula is C19H25ClN6O4. The highest BCUT2D eigenvalue weighted by Gasteiger charge is 2.26. The van der Waals surface area contributed by atoms with Gasteiger partial charge in [-0.3, -0.25) is 29.6 Å². The average molecular weight is 437 g/mol. The number of nitrogens with one attached hydrogen (secondary N) is 3. The molecule has 0 fully saturated rings. The topological polar surface area (TPSA) is 150 Å². The number of alkyl halides is 1. The zero-order chi connectivity index (χ0) is 22.3. The van der Waals surface area contributed by atoms with Crippen LogP contribution in [0.25, 0.3) is 11.0 Å². The molecule has 0 aliphatic heterocycles. The molecule has 0 saturated carbocycles. The summed E-state index contributed by atoms with van der Waals surface area (Å²) in [6, 6.07) is 6.21. The number of benzene rings is 1. The molecule has 2 aromatic rings. The second kappa shape index (κ2) is 10.6. The Morgan fingerprint density at radius 2 is 1.93 bits per heavy atom. The smallest absolute Gasteiger partial charge is 0.287 e. The van der Waals surface area contributed by atoms with Gasteiger partial charge in [0.2, 0.25) is 5.91 Å². The van der Waals surface area contributed by atoms with Crippen molar-refractivity contribution in [1.29, 1.82) is 0 Å². The van der Waals surface area contributed by atoms with Crippen LogP contribution < -0.4 is 16.5 Å². The predicted octanol–water partition coefficient (Wildman–Crippen LogP) is 0.681. The number of hydrogen-bond acceptors (Lipinski definition) is 5. The molecule has 1 heterocycles. The fourth-order valence-electron chi connectivity index (χ4n) is 2.74. The number of H-pyrrole nitrogens is 1. The molecule has 5 N–H and O–H groups in total. The van der Waals surface area contributed by atoms with Gasteiger partial charge in [-0.05, 0) is 24.5 Å². The van der Waals surface area contributed by atoms with Crippen LogP contribution in [0.1, 0.15) is 37.3 Å². The van der Waals surface area contributed by atoms with Crippen molar-refractivity contribution in [2.45, 2.75) is 32.7 Å². The number of para-hydroxylation sites is 2. The van der Waals surface area contributed by atoms with Crippen LogP contribution in [0.5, 0.6) is 0 Å². The molecule has 162 valence electrons. The van der Waals surface area contributed by atoms with E-state index in [9.17, 15) is 19.2 Å². The van der Waals surface area contributed by atoms with Gasteiger partial charge in [0.1, 0.15) is 11.9 Å². The normalized spacial score (nSPS) is 11.9. The lowest BCUT2D eigenvalue weighted by molar-refractivity contribution is -0.141. The van der Waals surface area contributed by atoms with Crippen LogP contribution >= 0.6 is 11.6 Å². The monoisotopic (exact) mass is 436 g/mol. The lowest BCUT2D eigenvalue weighted by Crippen LogP contribution is -2.55. The van der Waals surface area contributed by atoms with Gasteiger partial charge >= 0.3 is 0 Å². The van der Waals surface area contributed by atoms with Crippen molar-refractivity contribution < 1.29 is 19.2 Å². The van der Waals surface area contributed by atoms with E-state index in [1.165, 1.54) is 0 Å². The standard InChI is InChI=1S/C19H25ClN6O4/c1-11(2)9-14(18(29)25-26(16(28)10-20)8-7-15(21)27)24-19(30)17-22-12-5-3-4-6-13(12)23-17/h3-6,11,14H,7-10H2,1-2H3,(H2,21,27)(H,22,23)(H,24,30)(H,25,29)/t14-/m0/s1. The van der Waals surface area contributed by atoms with Crippen molar-refractivity contribution in [2.24, 2.45) is 11.7 Å². The van der Waals surface area contributed by atoms with Gasteiger partial charge in [-0.2, -0.15) is 0 Å². The van der Waals surface area contributed by atoms with Crippen LogP contribution in [0.3, 0.4) is 0 Å². The molecular weight excluding hydrogens is 412 g/mol. The fraction of sp³-hybridized carbons (Fsp3) is 0.421. The van der Waals surface area contributed by atoms with Gasteiger partial charge in [-0.15, -0.1) is 11.6 Å². The largest absolute Gasteiger partial charge is 0.370 e. The van der Waals surface area contributed by atoms with E-state index >= 15 is 0 Å². The Hall–Kier alpha value is -3.14. The summed E-state index contributed by atoms with van der Waals surface area (Å²) < 4.78 is 0. The number of hydrogen-bond donors (Lipinski definition) is 4. The van der Waals surface area contributed by atoms with Crippen molar-refractivity contribution in [2.75, 3.05) is 12.4 Å². The first-order chi connectivity index (χ1) is 14.2. The number of hydrazine groups is 1. The third-order valence-electron chi connectivity index (χ3n) is 4.18. The Balaban J connectivity index is 2.13. The molecule has 0 bridgehead atoms. The first kappa shape index (κ1) is 23.1. The highest BCUT2D eigenvalue weighted by atomic mass is 35.5. The van der Waals surface area contributed by atoms with Crippen molar-refractivity contribution >= 4 is 46.3 Å². The van der Waals surface area contributed by atoms with E-state index < -0.39 is 29.7 Å². The Labute approximate surface area is 178 Å². The van der Waals surface area contributed by atoms with Gasteiger partial charge in [-0.1, -0.05) is 26.0 Å². The van der Waals surface area contributed by atoms with Crippen LogP contribution in [0.15, 0.2) is 24.3 Å². The van der Waals surface area contributed by atoms with Gasteiger partial charge in [0, 0.05) is 6.42 Å². The van der Waals surface area contributed by atoms with Gasteiger partial charge in [0.15, 0.2) is 5.82 Å². The molecule has 0 unspecified atom stereocenters. The zero-order valence-electron chi connectivity index (χ0n) is 16.8. The van der Waals surface area contributed by atoms with E-state index in [1.54, 1.807) is 18.2 Å². The summed E-state index contributed by atoms with van der Waals surface area (Å²) in [6.07, 6.45) is 0.166. The van der Waals surface area contributed by atoms with E-state index in [4.69, 9.17) is 17.3 Å². The third-order valence-corrected chi connectivity index (χ3v) is 4.40. The summed E-state index contributed by atoms with van der Waals surface area (Å²) in [5.74, 6) is -2.65. The van der Waals surface area contributed by atoms with Crippen LogP contribution in [0, 0.1) is 5.92 Å². The Morgan fingerprint density at radius 1 is 1.23 bits per heavy atom. The number of fused-ring (bicyclic) bond motifs is 1. The molecule has 0 saturated heterocycles. The first-order valence-electron chi connectivity index (χ1n) is 9.42. The second-order valence-electron chi connectivity index (χ2n) is 7.13. The quantitative estimate of drug-likeness (QED) is 0.336. The SMILES string of the molecule is CC(C)C[C@H](NC(=O)c1nc2ccccc2[nH]1)C(=O)NN(CCC(N)=O)C(=O)CCl. The molecule has 0 aliphatic carbocycles. The zero-order valence-corrected chi connectivity index (χ0v) is 17.5. The number of carbonyl (C=O) groups excluding carboxylic acids is 4. The van der Waals surface area contributed by atoms with Gasteiger partial charge in [-0.25, -0.2) is 4.98 Å². The van der Waals surface area contributed by atoms with Crippen LogP contribution in [0.4, 0.5) is 0 Å². The van der Waals surface area contributed by atoms with Crippen molar-refractivity contribution in [3.05, 3.63) is 30.1 Å². The molecule has 10 nitrogen and oxygen atoms in total. The highest BCUT2D eigenvalue weighted by Crippen LogP contribution is 2.11. The van der Waals surface area contributed by atoms with E-state index in [1.807, 2.05) is 19.9 Å². The molecule has 0 spiro atoms. The number of carbonyl (C=O) groups is 4.